The van der Waals surface area contributed by atoms with Gasteiger partial charge in [0.25, 0.3) is 11.8 Å². The Morgan fingerprint density at radius 1 is 1.15 bits per heavy atom. The molecule has 0 spiro atoms. The lowest BCUT2D eigenvalue weighted by Crippen LogP contribution is -2.55. The molecule has 0 aliphatic carbocycles. The molecule has 4 rings (SSSR count). The molecule has 3 N–H and O–H groups in total. The minimum atomic E-state index is -4.48. The molecule has 0 radical (unpaired) electrons. The Labute approximate surface area is 229 Å². The number of aromatic nitrogens is 1. The second kappa shape index (κ2) is 11.6. The van der Waals surface area contributed by atoms with Crippen molar-refractivity contribution in [3.63, 3.8) is 0 Å². The van der Waals surface area contributed by atoms with Crippen LogP contribution in [0.5, 0.6) is 5.75 Å². The predicted octanol–water partition coefficient (Wildman–Crippen LogP) is 4.04. The van der Waals surface area contributed by atoms with Gasteiger partial charge in [0.15, 0.2) is 5.60 Å². The highest BCUT2D eigenvalue weighted by Gasteiger charge is 2.43. The highest BCUT2D eigenvalue weighted by Crippen LogP contribution is 2.39. The highest BCUT2D eigenvalue weighted by molar-refractivity contribution is 6.30. The lowest BCUT2D eigenvalue weighted by molar-refractivity contribution is -0.135. The molecular weight excluding hydrogens is 537 g/mol. The number of aliphatic hydroxyl groups is 1. The number of fused-ring (bicyclic) bond motifs is 2. The van der Waals surface area contributed by atoms with Gasteiger partial charge >= 0.3 is 6.18 Å². The molecule has 3 atom stereocenters. The number of benzene rings is 1. The number of nitrogens with zero attached hydrogens (tertiary/aromatic N) is 2. The molecule has 2 fully saturated rings. The second-order valence-electron chi connectivity index (χ2n) is 10.5. The van der Waals surface area contributed by atoms with Crippen LogP contribution in [0.25, 0.3) is 0 Å². The SMILES string of the molecule is CC(C)(Oc1ccc(Cl)cc1CCO)C(=O)NC1C[C@H]2CC[C@@H](C1)N2c1ccc(C(=O)NCC(F)(F)F)cn1. The number of aliphatic hydroxyl groups excluding tert-OH is 1. The average Bonchev–Trinajstić information content (AvgIpc) is 3.14. The molecule has 2 aromatic rings. The van der Waals surface area contributed by atoms with Crippen LogP contribution in [0.1, 0.15) is 55.5 Å². The van der Waals surface area contributed by atoms with Crippen LogP contribution in [0.15, 0.2) is 36.5 Å². The maximum Gasteiger partial charge on any atom is 0.405 e. The van der Waals surface area contributed by atoms with Crippen LogP contribution in [-0.2, 0) is 11.2 Å². The standard InChI is InChI=1S/C27H32ClF3N4O4/c1-26(2,39-22-7-4-18(28)11-16(22)9-10-36)25(38)34-19-12-20-5-6-21(13-19)35(20)23-8-3-17(14-32-23)24(37)33-15-27(29,30)31/h3-4,7-8,11,14,19-21,36H,5-6,9-10,12-13,15H2,1-2H3,(H,33,37)(H,34,38)/t19?,20-,21+. The summed E-state index contributed by atoms with van der Waals surface area (Å²) in [5, 5.41) is 14.9. The number of pyridine rings is 1. The monoisotopic (exact) mass is 568 g/mol. The van der Waals surface area contributed by atoms with Gasteiger partial charge in [0, 0.05) is 36.0 Å². The summed E-state index contributed by atoms with van der Waals surface area (Å²) in [6.45, 7) is 1.91. The fourth-order valence-corrected chi connectivity index (χ4v) is 5.46. The molecule has 2 saturated heterocycles. The number of carbonyl (C=O) groups excluding carboxylic acids is 2. The largest absolute Gasteiger partial charge is 0.478 e. The normalized spacial score (nSPS) is 21.0. The molecule has 2 bridgehead atoms. The maximum absolute atomic E-state index is 13.2. The molecule has 1 aromatic heterocycles. The molecule has 2 aliphatic rings. The van der Waals surface area contributed by atoms with Crippen LogP contribution in [0, 0.1) is 0 Å². The summed E-state index contributed by atoms with van der Waals surface area (Å²) in [4.78, 5) is 31.8. The second-order valence-corrected chi connectivity index (χ2v) is 10.9. The van der Waals surface area contributed by atoms with Crippen molar-refractivity contribution in [2.75, 3.05) is 18.1 Å². The van der Waals surface area contributed by atoms with E-state index >= 15 is 0 Å². The molecule has 1 unspecified atom stereocenters. The fraction of sp³-hybridized carbons (Fsp3) is 0.519. The van der Waals surface area contributed by atoms with Crippen molar-refractivity contribution in [1.29, 1.82) is 0 Å². The van der Waals surface area contributed by atoms with Crippen LogP contribution < -0.4 is 20.3 Å². The van der Waals surface area contributed by atoms with Crippen molar-refractivity contribution in [3.8, 4) is 5.75 Å². The van der Waals surface area contributed by atoms with Gasteiger partial charge in [-0.25, -0.2) is 4.98 Å². The van der Waals surface area contributed by atoms with Crippen molar-refractivity contribution in [2.24, 2.45) is 0 Å². The van der Waals surface area contributed by atoms with E-state index in [4.69, 9.17) is 16.3 Å². The van der Waals surface area contributed by atoms with E-state index in [1.54, 1.807) is 38.1 Å². The number of amides is 2. The molecule has 212 valence electrons. The quantitative estimate of drug-likeness (QED) is 0.422. The van der Waals surface area contributed by atoms with Crippen LogP contribution >= 0.6 is 11.6 Å². The topological polar surface area (TPSA) is 104 Å². The Hall–Kier alpha value is -3.05. The zero-order chi connectivity index (χ0) is 28.4. The predicted molar refractivity (Wildman–Crippen MR) is 140 cm³/mol. The van der Waals surface area contributed by atoms with Gasteiger partial charge in [-0.1, -0.05) is 11.6 Å². The third-order valence-corrected chi connectivity index (χ3v) is 7.34. The van der Waals surface area contributed by atoms with Crippen molar-refractivity contribution < 1.29 is 32.6 Å². The molecular formula is C27H32ClF3N4O4. The molecule has 2 amide bonds. The van der Waals surface area contributed by atoms with E-state index in [1.807, 2.05) is 5.32 Å². The maximum atomic E-state index is 13.2. The van der Waals surface area contributed by atoms with Gasteiger partial charge in [-0.3, -0.25) is 9.59 Å². The van der Waals surface area contributed by atoms with E-state index in [9.17, 15) is 27.9 Å². The summed E-state index contributed by atoms with van der Waals surface area (Å²) in [6, 6.07) is 8.40. The number of alkyl halides is 3. The van der Waals surface area contributed by atoms with E-state index in [2.05, 4.69) is 15.2 Å². The first-order valence-electron chi connectivity index (χ1n) is 12.8. The number of ether oxygens (including phenoxy) is 1. The molecule has 39 heavy (non-hydrogen) atoms. The summed E-state index contributed by atoms with van der Waals surface area (Å²) in [6.07, 6.45) is 0.388. The van der Waals surface area contributed by atoms with Crippen molar-refractivity contribution in [1.82, 2.24) is 15.6 Å². The van der Waals surface area contributed by atoms with Gasteiger partial charge in [0.1, 0.15) is 18.1 Å². The Morgan fingerprint density at radius 2 is 1.85 bits per heavy atom. The summed E-state index contributed by atoms with van der Waals surface area (Å²) in [5.74, 6) is 0.0628. The van der Waals surface area contributed by atoms with Crippen LogP contribution in [0.3, 0.4) is 0 Å². The van der Waals surface area contributed by atoms with Crippen LogP contribution in [-0.4, -0.2) is 65.0 Å². The summed E-state index contributed by atoms with van der Waals surface area (Å²) < 4.78 is 43.2. The van der Waals surface area contributed by atoms with Gasteiger partial charge in [-0.15, -0.1) is 0 Å². The minimum absolute atomic E-state index is 0.0579. The first-order valence-corrected chi connectivity index (χ1v) is 13.2. The summed E-state index contributed by atoms with van der Waals surface area (Å²) in [5.41, 5.74) is -0.394. The smallest absolute Gasteiger partial charge is 0.405 e. The van der Waals surface area contributed by atoms with Gasteiger partial charge in [-0.05, 0) is 81.8 Å². The Balaban J connectivity index is 1.36. The van der Waals surface area contributed by atoms with Gasteiger partial charge < -0.3 is 25.4 Å². The number of hydrogen-bond acceptors (Lipinski definition) is 6. The van der Waals surface area contributed by atoms with Crippen LogP contribution in [0.4, 0.5) is 19.0 Å². The molecule has 1 aromatic carbocycles. The van der Waals surface area contributed by atoms with E-state index < -0.39 is 24.2 Å². The average molecular weight is 569 g/mol. The minimum Gasteiger partial charge on any atom is -0.478 e. The van der Waals surface area contributed by atoms with Gasteiger partial charge in [0.2, 0.25) is 0 Å². The van der Waals surface area contributed by atoms with Gasteiger partial charge in [-0.2, -0.15) is 13.2 Å². The zero-order valence-corrected chi connectivity index (χ0v) is 22.5. The zero-order valence-electron chi connectivity index (χ0n) is 21.7. The van der Waals surface area contributed by atoms with E-state index in [1.165, 1.54) is 12.3 Å². The fourth-order valence-electron chi connectivity index (χ4n) is 5.27. The number of carbonyl (C=O) groups is 2. The Morgan fingerprint density at radius 3 is 2.44 bits per heavy atom. The summed E-state index contributed by atoms with van der Waals surface area (Å²) >= 11 is 6.07. The number of nitrogens with one attached hydrogen (secondary N) is 2. The van der Waals surface area contributed by atoms with Crippen molar-refractivity contribution in [3.05, 3.63) is 52.7 Å². The van der Waals surface area contributed by atoms with E-state index in [-0.39, 0.29) is 36.2 Å². The number of halogens is 4. The number of piperidine rings is 1. The molecule has 8 nitrogen and oxygen atoms in total. The van der Waals surface area contributed by atoms with Crippen molar-refractivity contribution >= 4 is 29.2 Å². The first kappa shape index (κ1) is 28.9. The first-order chi connectivity index (χ1) is 18.4. The number of rotatable bonds is 9. The number of anilines is 1. The van der Waals surface area contributed by atoms with Crippen molar-refractivity contribution in [2.45, 2.75) is 75.9 Å². The molecule has 2 aliphatic heterocycles. The lowest BCUT2D eigenvalue weighted by Gasteiger charge is -2.41. The number of hydrogen-bond donors (Lipinski definition) is 3. The summed E-state index contributed by atoms with van der Waals surface area (Å²) in [7, 11) is 0. The molecule has 3 heterocycles. The molecule has 0 saturated carbocycles. The third kappa shape index (κ3) is 7.13. The Bertz CT molecular complexity index is 1180. The highest BCUT2D eigenvalue weighted by atomic mass is 35.5. The van der Waals surface area contributed by atoms with E-state index in [0.717, 1.165) is 12.8 Å². The third-order valence-electron chi connectivity index (χ3n) is 7.11. The van der Waals surface area contributed by atoms with E-state index in [0.29, 0.717) is 41.4 Å². The Kier molecular flexibility index (Phi) is 8.60. The van der Waals surface area contributed by atoms with Gasteiger partial charge in [0.05, 0.1) is 5.56 Å². The van der Waals surface area contributed by atoms with Crippen LogP contribution in [0.2, 0.25) is 5.02 Å². The molecule has 12 heteroatoms. The lowest BCUT2D eigenvalue weighted by atomic mass is 9.96.